The standard InChI is InChI=1S/C21H25N3O3/c1-26-19-9-4-2-7-17(19)23-15-13-22(14-16-23)11-6-12-24-18-8-3-5-10-20(18)27-21(24)25/h2-5,7-10H,6,11-16H2,1H3. The third kappa shape index (κ3) is 3.71. The van der Waals surface area contributed by atoms with Gasteiger partial charge in [-0.1, -0.05) is 24.3 Å². The molecule has 3 aromatic rings. The number of rotatable bonds is 6. The SMILES string of the molecule is COc1ccccc1N1CCN(CCCn2c(=O)oc3ccccc32)CC1. The predicted molar refractivity (Wildman–Crippen MR) is 107 cm³/mol. The topological polar surface area (TPSA) is 50.9 Å². The van der Waals surface area contributed by atoms with E-state index in [-0.39, 0.29) is 5.76 Å². The lowest BCUT2D eigenvalue weighted by Gasteiger charge is -2.36. The molecule has 0 atom stereocenters. The van der Waals surface area contributed by atoms with Gasteiger partial charge in [0, 0.05) is 32.7 Å². The van der Waals surface area contributed by atoms with Crippen molar-refractivity contribution in [3.05, 3.63) is 59.1 Å². The quantitative estimate of drug-likeness (QED) is 0.671. The highest BCUT2D eigenvalue weighted by Crippen LogP contribution is 2.28. The Balaban J connectivity index is 1.31. The molecule has 0 N–H and O–H groups in total. The minimum atomic E-state index is -0.266. The predicted octanol–water partition coefficient (Wildman–Crippen LogP) is 2.82. The van der Waals surface area contributed by atoms with Gasteiger partial charge < -0.3 is 14.1 Å². The van der Waals surface area contributed by atoms with Crippen molar-refractivity contribution < 1.29 is 9.15 Å². The first kappa shape index (κ1) is 17.7. The average Bonchev–Trinajstić information content (AvgIpc) is 3.04. The molecule has 2 aromatic carbocycles. The van der Waals surface area contributed by atoms with Crippen LogP contribution in [0.2, 0.25) is 0 Å². The smallest absolute Gasteiger partial charge is 0.419 e. The molecule has 6 heteroatoms. The molecule has 1 aliphatic rings. The number of nitrogens with zero attached hydrogens (tertiary/aromatic N) is 3. The van der Waals surface area contributed by atoms with Gasteiger partial charge in [0.25, 0.3) is 0 Å². The van der Waals surface area contributed by atoms with Crippen molar-refractivity contribution >= 4 is 16.8 Å². The molecule has 4 rings (SSSR count). The third-order valence-electron chi connectivity index (χ3n) is 5.23. The molecule has 1 fully saturated rings. The van der Waals surface area contributed by atoms with Gasteiger partial charge in [-0.15, -0.1) is 0 Å². The number of oxazole rings is 1. The molecule has 0 spiro atoms. The Hall–Kier alpha value is -2.73. The first-order chi connectivity index (χ1) is 13.3. The van der Waals surface area contributed by atoms with E-state index in [1.54, 1.807) is 11.7 Å². The van der Waals surface area contributed by atoms with Crippen LogP contribution in [0.4, 0.5) is 5.69 Å². The van der Waals surface area contributed by atoms with Crippen molar-refractivity contribution in [3.63, 3.8) is 0 Å². The van der Waals surface area contributed by atoms with Crippen LogP contribution in [-0.2, 0) is 6.54 Å². The third-order valence-corrected chi connectivity index (χ3v) is 5.23. The molecule has 0 amide bonds. The summed E-state index contributed by atoms with van der Waals surface area (Å²) in [6.45, 7) is 5.65. The van der Waals surface area contributed by atoms with Crippen LogP contribution in [0.15, 0.2) is 57.7 Å². The van der Waals surface area contributed by atoms with E-state index < -0.39 is 0 Å². The highest BCUT2D eigenvalue weighted by atomic mass is 16.5. The second-order valence-corrected chi connectivity index (χ2v) is 6.84. The molecule has 0 bridgehead atoms. The Morgan fingerprint density at radius 3 is 2.52 bits per heavy atom. The molecule has 0 aliphatic carbocycles. The van der Waals surface area contributed by atoms with Crippen LogP contribution >= 0.6 is 0 Å². The van der Waals surface area contributed by atoms with E-state index in [0.717, 1.165) is 56.1 Å². The summed E-state index contributed by atoms with van der Waals surface area (Å²) < 4.78 is 12.5. The fourth-order valence-electron chi connectivity index (χ4n) is 3.78. The van der Waals surface area contributed by atoms with Gasteiger partial charge in [0.05, 0.1) is 18.3 Å². The summed E-state index contributed by atoms with van der Waals surface area (Å²) in [5.74, 6) is 0.661. The Morgan fingerprint density at radius 2 is 1.70 bits per heavy atom. The second kappa shape index (κ2) is 7.88. The van der Waals surface area contributed by atoms with E-state index in [4.69, 9.17) is 9.15 Å². The molecular weight excluding hydrogens is 342 g/mol. The van der Waals surface area contributed by atoms with E-state index >= 15 is 0 Å². The van der Waals surface area contributed by atoms with Crippen LogP contribution < -0.4 is 15.4 Å². The van der Waals surface area contributed by atoms with Crippen molar-refractivity contribution in [2.75, 3.05) is 44.7 Å². The van der Waals surface area contributed by atoms with Gasteiger partial charge in [0.15, 0.2) is 5.58 Å². The highest BCUT2D eigenvalue weighted by Gasteiger charge is 2.19. The summed E-state index contributed by atoms with van der Waals surface area (Å²) in [6.07, 6.45) is 0.929. The van der Waals surface area contributed by atoms with Crippen molar-refractivity contribution in [1.82, 2.24) is 9.47 Å². The minimum Gasteiger partial charge on any atom is -0.495 e. The van der Waals surface area contributed by atoms with Gasteiger partial charge in [-0.2, -0.15) is 0 Å². The van der Waals surface area contributed by atoms with E-state index in [1.165, 1.54) is 0 Å². The zero-order valence-corrected chi connectivity index (χ0v) is 15.6. The lowest BCUT2D eigenvalue weighted by molar-refractivity contribution is 0.249. The Bertz CT molecular complexity index is 954. The number of benzene rings is 2. The van der Waals surface area contributed by atoms with Crippen molar-refractivity contribution in [3.8, 4) is 5.75 Å². The molecule has 1 saturated heterocycles. The molecule has 1 aromatic heterocycles. The maximum atomic E-state index is 12.0. The largest absolute Gasteiger partial charge is 0.495 e. The molecule has 0 saturated carbocycles. The van der Waals surface area contributed by atoms with Crippen LogP contribution in [0.25, 0.3) is 11.1 Å². The molecule has 2 heterocycles. The van der Waals surface area contributed by atoms with Crippen molar-refractivity contribution in [2.24, 2.45) is 0 Å². The Kier molecular flexibility index (Phi) is 5.16. The van der Waals surface area contributed by atoms with E-state index in [1.807, 2.05) is 36.4 Å². The Morgan fingerprint density at radius 1 is 0.963 bits per heavy atom. The van der Waals surface area contributed by atoms with E-state index in [0.29, 0.717) is 12.1 Å². The molecule has 142 valence electrons. The minimum absolute atomic E-state index is 0.266. The number of piperazine rings is 1. The van der Waals surface area contributed by atoms with E-state index in [2.05, 4.69) is 21.9 Å². The fourth-order valence-corrected chi connectivity index (χ4v) is 3.78. The van der Waals surface area contributed by atoms with Gasteiger partial charge in [-0.05, 0) is 37.2 Å². The maximum Gasteiger partial charge on any atom is 0.419 e. The zero-order chi connectivity index (χ0) is 18.6. The molecule has 6 nitrogen and oxygen atoms in total. The van der Waals surface area contributed by atoms with Crippen molar-refractivity contribution in [1.29, 1.82) is 0 Å². The van der Waals surface area contributed by atoms with Gasteiger partial charge in [-0.3, -0.25) is 9.47 Å². The zero-order valence-electron chi connectivity index (χ0n) is 15.6. The van der Waals surface area contributed by atoms with Gasteiger partial charge >= 0.3 is 5.76 Å². The summed E-state index contributed by atoms with van der Waals surface area (Å²) in [6, 6.07) is 15.8. The van der Waals surface area contributed by atoms with Crippen LogP contribution in [0.5, 0.6) is 5.75 Å². The summed E-state index contributed by atoms with van der Waals surface area (Å²) in [4.78, 5) is 16.9. The molecule has 0 unspecified atom stereocenters. The highest BCUT2D eigenvalue weighted by molar-refractivity contribution is 5.72. The lowest BCUT2D eigenvalue weighted by Crippen LogP contribution is -2.46. The number of aryl methyl sites for hydroxylation is 1. The van der Waals surface area contributed by atoms with Gasteiger partial charge in [0.1, 0.15) is 5.75 Å². The van der Waals surface area contributed by atoms with Crippen molar-refractivity contribution in [2.45, 2.75) is 13.0 Å². The maximum absolute atomic E-state index is 12.0. The number of ether oxygens (including phenoxy) is 1. The number of anilines is 1. The summed E-state index contributed by atoms with van der Waals surface area (Å²) in [5.41, 5.74) is 2.70. The fraction of sp³-hybridized carbons (Fsp3) is 0.381. The van der Waals surface area contributed by atoms with Crippen LogP contribution in [-0.4, -0.2) is 49.3 Å². The number of methoxy groups -OCH3 is 1. The first-order valence-corrected chi connectivity index (χ1v) is 9.45. The first-order valence-electron chi connectivity index (χ1n) is 9.45. The number of aromatic nitrogens is 1. The molecule has 27 heavy (non-hydrogen) atoms. The second-order valence-electron chi connectivity index (χ2n) is 6.84. The summed E-state index contributed by atoms with van der Waals surface area (Å²) in [5, 5.41) is 0. The lowest BCUT2D eigenvalue weighted by atomic mass is 10.2. The van der Waals surface area contributed by atoms with Crippen LogP contribution in [0.1, 0.15) is 6.42 Å². The number of hydrogen-bond donors (Lipinski definition) is 0. The van der Waals surface area contributed by atoms with Gasteiger partial charge in [0.2, 0.25) is 0 Å². The molecular formula is C21H25N3O3. The van der Waals surface area contributed by atoms with Crippen LogP contribution in [0.3, 0.4) is 0 Å². The normalized spacial score (nSPS) is 15.4. The number of para-hydroxylation sites is 4. The van der Waals surface area contributed by atoms with Crippen LogP contribution in [0, 0.1) is 0 Å². The molecule has 1 aliphatic heterocycles. The Labute approximate surface area is 158 Å². The average molecular weight is 367 g/mol. The molecule has 0 radical (unpaired) electrons. The monoisotopic (exact) mass is 367 g/mol. The van der Waals surface area contributed by atoms with Gasteiger partial charge in [-0.25, -0.2) is 4.79 Å². The number of hydrogen-bond acceptors (Lipinski definition) is 5. The summed E-state index contributed by atoms with van der Waals surface area (Å²) >= 11 is 0. The number of fused-ring (bicyclic) bond motifs is 1. The van der Waals surface area contributed by atoms with E-state index in [9.17, 15) is 4.79 Å². The summed E-state index contributed by atoms with van der Waals surface area (Å²) in [7, 11) is 1.72.